The molecule has 174 valence electrons. The topological polar surface area (TPSA) is 88.9 Å². The monoisotopic (exact) mass is 549 g/mol. The van der Waals surface area contributed by atoms with Gasteiger partial charge < -0.3 is 15.2 Å². The molecule has 0 aliphatic heterocycles. The molecule has 10 heteroatoms. The third-order valence-corrected chi connectivity index (χ3v) is 7.40. The van der Waals surface area contributed by atoms with Crippen LogP contribution in [0.15, 0.2) is 46.0 Å². The number of thioether (sulfide) groups is 1. The Morgan fingerprint density at radius 2 is 1.88 bits per heavy atom. The van der Waals surface area contributed by atoms with Crippen LogP contribution in [-0.4, -0.2) is 32.3 Å². The van der Waals surface area contributed by atoms with Gasteiger partial charge in [-0.25, -0.2) is 0 Å². The Bertz CT molecular complexity index is 1180. The van der Waals surface area contributed by atoms with Crippen molar-refractivity contribution in [1.82, 2.24) is 20.1 Å². The summed E-state index contributed by atoms with van der Waals surface area (Å²) < 4.78 is 2.90. The molecule has 0 bridgehead atoms. The minimum Gasteiger partial charge on any atom is -0.342 e. The van der Waals surface area contributed by atoms with Crippen LogP contribution in [0, 0.1) is 13.8 Å². The molecule has 3 aromatic rings. The first-order valence-electron chi connectivity index (χ1n) is 10.4. The number of anilines is 1. The van der Waals surface area contributed by atoms with Gasteiger partial charge in [0.2, 0.25) is 5.91 Å². The van der Waals surface area contributed by atoms with Gasteiger partial charge >= 0.3 is 0 Å². The molecule has 1 heterocycles. The largest absolute Gasteiger partial charge is 0.342 e. The first kappa shape index (κ1) is 25.3. The van der Waals surface area contributed by atoms with Crippen LogP contribution in [0.3, 0.4) is 0 Å². The third kappa shape index (κ3) is 5.96. The number of carbonyl (C=O) groups excluding carboxylic acids is 2. The first-order valence-corrected chi connectivity index (χ1v) is 12.5. The van der Waals surface area contributed by atoms with E-state index >= 15 is 0 Å². The van der Waals surface area contributed by atoms with Gasteiger partial charge in [0.15, 0.2) is 11.0 Å². The number of rotatable bonds is 8. The Balaban J connectivity index is 1.65. The number of amides is 2. The van der Waals surface area contributed by atoms with Crippen molar-refractivity contribution in [3.8, 4) is 0 Å². The van der Waals surface area contributed by atoms with E-state index in [0.29, 0.717) is 28.1 Å². The third-order valence-electron chi connectivity index (χ3n) is 5.24. The highest BCUT2D eigenvalue weighted by Crippen LogP contribution is 2.27. The maximum absolute atomic E-state index is 12.6. The minimum atomic E-state index is -0.391. The number of carbonyl (C=O) groups is 2. The van der Waals surface area contributed by atoms with Crippen molar-refractivity contribution in [2.24, 2.45) is 0 Å². The van der Waals surface area contributed by atoms with E-state index in [-0.39, 0.29) is 17.6 Å². The van der Waals surface area contributed by atoms with Crippen LogP contribution < -0.4 is 10.6 Å². The van der Waals surface area contributed by atoms with Crippen molar-refractivity contribution in [1.29, 1.82) is 0 Å². The second kappa shape index (κ2) is 11.2. The fourth-order valence-corrected chi connectivity index (χ4v) is 4.71. The van der Waals surface area contributed by atoms with Gasteiger partial charge in [0.1, 0.15) is 0 Å². The SMILES string of the molecule is CCn1c(SCC(=O)Nc2ccc(Br)c(C)c2C)nnc1C(C)NC(=O)c1ccccc1Cl. The van der Waals surface area contributed by atoms with Crippen molar-refractivity contribution < 1.29 is 9.59 Å². The highest BCUT2D eigenvalue weighted by Gasteiger charge is 2.21. The number of hydrogen-bond acceptors (Lipinski definition) is 5. The molecule has 7 nitrogen and oxygen atoms in total. The van der Waals surface area contributed by atoms with E-state index in [1.54, 1.807) is 24.3 Å². The molecule has 1 atom stereocenters. The Morgan fingerprint density at radius 3 is 2.58 bits per heavy atom. The molecule has 0 saturated heterocycles. The van der Waals surface area contributed by atoms with Gasteiger partial charge in [0, 0.05) is 16.7 Å². The van der Waals surface area contributed by atoms with Crippen LogP contribution in [0.5, 0.6) is 0 Å². The Morgan fingerprint density at radius 1 is 1.15 bits per heavy atom. The van der Waals surface area contributed by atoms with E-state index in [2.05, 4.69) is 36.8 Å². The van der Waals surface area contributed by atoms with Gasteiger partial charge in [-0.05, 0) is 63.1 Å². The van der Waals surface area contributed by atoms with Crippen LogP contribution in [-0.2, 0) is 11.3 Å². The summed E-state index contributed by atoms with van der Waals surface area (Å²) in [6.45, 7) is 8.38. The quantitative estimate of drug-likeness (QED) is 0.359. The lowest BCUT2D eigenvalue weighted by Gasteiger charge is -2.15. The van der Waals surface area contributed by atoms with Gasteiger partial charge in [0.25, 0.3) is 5.91 Å². The summed E-state index contributed by atoms with van der Waals surface area (Å²) in [4.78, 5) is 25.1. The molecule has 33 heavy (non-hydrogen) atoms. The van der Waals surface area contributed by atoms with Crippen molar-refractivity contribution >= 4 is 56.8 Å². The molecule has 0 spiro atoms. The smallest absolute Gasteiger partial charge is 0.253 e. The molecule has 3 rings (SSSR count). The standard InChI is InChI=1S/C23H25BrClN5O2S/c1-5-30-21(15(4)26-22(32)16-8-6-7-9-18(16)25)28-29-23(30)33-12-20(31)27-19-11-10-17(24)13(2)14(19)3/h6-11,15H,5,12H2,1-4H3,(H,26,32)(H,27,31). The summed E-state index contributed by atoms with van der Waals surface area (Å²) >= 11 is 10.9. The van der Waals surface area contributed by atoms with Crippen molar-refractivity contribution in [3.05, 3.63) is 68.4 Å². The van der Waals surface area contributed by atoms with Crippen molar-refractivity contribution in [3.63, 3.8) is 0 Å². The Hall–Kier alpha value is -2.36. The summed E-state index contributed by atoms with van der Waals surface area (Å²) in [5.41, 5.74) is 3.29. The van der Waals surface area contributed by atoms with E-state index in [4.69, 9.17) is 11.6 Å². The van der Waals surface area contributed by atoms with Crippen molar-refractivity contribution in [2.45, 2.75) is 45.4 Å². The maximum atomic E-state index is 12.6. The van der Waals surface area contributed by atoms with Crippen LogP contribution in [0.4, 0.5) is 5.69 Å². The average molecular weight is 551 g/mol. The molecule has 0 saturated carbocycles. The van der Waals surface area contributed by atoms with Crippen molar-refractivity contribution in [2.75, 3.05) is 11.1 Å². The fraction of sp³-hybridized carbons (Fsp3) is 0.304. The molecule has 2 amide bonds. The zero-order valence-corrected chi connectivity index (χ0v) is 21.9. The number of hydrogen-bond donors (Lipinski definition) is 2. The number of halogens is 2. The van der Waals surface area contributed by atoms with Gasteiger partial charge in [0.05, 0.1) is 22.4 Å². The van der Waals surface area contributed by atoms with Crippen LogP contribution in [0.2, 0.25) is 5.02 Å². The Labute approximate surface area is 210 Å². The normalized spacial score (nSPS) is 11.8. The molecule has 1 unspecified atom stereocenters. The number of nitrogens with zero attached hydrogens (tertiary/aromatic N) is 3. The summed E-state index contributed by atoms with van der Waals surface area (Å²) in [5.74, 6) is 0.386. The summed E-state index contributed by atoms with van der Waals surface area (Å²) in [5, 5.41) is 15.4. The predicted molar refractivity (Wildman–Crippen MR) is 136 cm³/mol. The van der Waals surface area contributed by atoms with E-state index in [0.717, 1.165) is 21.3 Å². The number of benzene rings is 2. The van der Waals surface area contributed by atoms with Gasteiger partial charge in [-0.3, -0.25) is 9.59 Å². The van der Waals surface area contributed by atoms with Gasteiger partial charge in [-0.1, -0.05) is 51.4 Å². The molecule has 0 fully saturated rings. The molecule has 2 N–H and O–H groups in total. The molecule has 0 aliphatic rings. The number of nitrogens with one attached hydrogen (secondary N) is 2. The molecular formula is C23H25BrClN5O2S. The van der Waals surface area contributed by atoms with Crippen LogP contribution in [0.1, 0.15) is 47.2 Å². The second-order valence-corrected chi connectivity index (χ2v) is 9.65. The highest BCUT2D eigenvalue weighted by molar-refractivity contribution is 9.10. The van der Waals surface area contributed by atoms with E-state index in [1.807, 2.05) is 44.4 Å². The average Bonchev–Trinajstić information content (AvgIpc) is 3.21. The predicted octanol–water partition coefficient (Wildman–Crippen LogP) is 5.55. The Kier molecular flexibility index (Phi) is 8.56. The highest BCUT2D eigenvalue weighted by atomic mass is 79.9. The lowest BCUT2D eigenvalue weighted by molar-refractivity contribution is -0.113. The molecule has 2 aromatic carbocycles. The lowest BCUT2D eigenvalue weighted by atomic mass is 10.1. The minimum absolute atomic E-state index is 0.128. The molecule has 0 aliphatic carbocycles. The zero-order chi connectivity index (χ0) is 24.1. The molecule has 0 radical (unpaired) electrons. The van der Waals surface area contributed by atoms with Crippen LogP contribution in [0.25, 0.3) is 0 Å². The zero-order valence-electron chi connectivity index (χ0n) is 18.8. The first-order chi connectivity index (χ1) is 15.7. The maximum Gasteiger partial charge on any atom is 0.253 e. The summed E-state index contributed by atoms with van der Waals surface area (Å²) in [7, 11) is 0. The van der Waals surface area contributed by atoms with E-state index < -0.39 is 6.04 Å². The summed E-state index contributed by atoms with van der Waals surface area (Å²) in [6.07, 6.45) is 0. The second-order valence-electron chi connectivity index (χ2n) is 7.44. The van der Waals surface area contributed by atoms with Gasteiger partial charge in [-0.2, -0.15) is 0 Å². The fourth-order valence-electron chi connectivity index (χ4n) is 3.25. The van der Waals surface area contributed by atoms with E-state index in [1.165, 1.54) is 11.8 Å². The van der Waals surface area contributed by atoms with Gasteiger partial charge in [-0.15, -0.1) is 10.2 Å². The molecule has 1 aromatic heterocycles. The van der Waals surface area contributed by atoms with E-state index in [9.17, 15) is 9.59 Å². The lowest BCUT2D eigenvalue weighted by Crippen LogP contribution is -2.29. The van der Waals surface area contributed by atoms with Crippen LogP contribution >= 0.6 is 39.3 Å². The molecular weight excluding hydrogens is 526 g/mol. The number of aromatic nitrogens is 3. The summed E-state index contributed by atoms with van der Waals surface area (Å²) in [6, 6.07) is 10.3.